The number of amides is 3. The summed E-state index contributed by atoms with van der Waals surface area (Å²) in [7, 11) is 0. The maximum Gasteiger partial charge on any atom is 0.446 e. The minimum atomic E-state index is -4.44. The number of halogens is 3. The molecule has 1 saturated carbocycles. The number of aromatic nitrogens is 1. The van der Waals surface area contributed by atoms with Gasteiger partial charge in [0.15, 0.2) is 0 Å². The summed E-state index contributed by atoms with van der Waals surface area (Å²) < 4.78 is 43.4. The summed E-state index contributed by atoms with van der Waals surface area (Å²) >= 11 is -0.276. The molecule has 1 saturated heterocycles. The van der Waals surface area contributed by atoms with Crippen molar-refractivity contribution in [2.75, 3.05) is 4.90 Å². The van der Waals surface area contributed by atoms with Crippen LogP contribution in [0.5, 0.6) is 5.75 Å². The number of hydrogen-bond donors (Lipinski definition) is 0. The lowest BCUT2D eigenvalue weighted by Crippen LogP contribution is -2.37. The average molecular weight is 513 g/mol. The van der Waals surface area contributed by atoms with Gasteiger partial charge in [0, 0.05) is 23.8 Å². The highest BCUT2D eigenvalue weighted by atomic mass is 32.2. The Kier molecular flexibility index (Phi) is 5.95. The zero-order chi connectivity index (χ0) is 25.5. The fraction of sp³-hybridized carbons (Fsp3) is 0.200. The van der Waals surface area contributed by atoms with E-state index in [0.717, 1.165) is 4.90 Å². The molecule has 1 aromatic heterocycles. The summed E-state index contributed by atoms with van der Waals surface area (Å²) in [5.41, 5.74) is -4.69. The second-order valence-corrected chi connectivity index (χ2v) is 9.46. The summed E-state index contributed by atoms with van der Waals surface area (Å²) in [5.74, 6) is -0.741. The number of urea groups is 1. The van der Waals surface area contributed by atoms with Crippen molar-refractivity contribution in [3.63, 3.8) is 0 Å². The molecule has 1 aliphatic carbocycles. The van der Waals surface area contributed by atoms with Crippen molar-refractivity contribution in [3.05, 3.63) is 84.2 Å². The number of hydrogen-bond acceptors (Lipinski definition) is 6. The molecule has 0 radical (unpaired) electrons. The van der Waals surface area contributed by atoms with Crippen molar-refractivity contribution in [3.8, 4) is 5.75 Å². The molecule has 11 heteroatoms. The Bertz CT molecular complexity index is 1330. The SMILES string of the molecule is O=C(Oc1ccccc1)c1cnccc1CN1C(=O)N(c2ccc(SC(F)(F)F)cc2)C(=O)C12CC2. The molecule has 7 nitrogen and oxygen atoms in total. The van der Waals surface area contributed by atoms with E-state index < -0.39 is 29.0 Å². The van der Waals surface area contributed by atoms with Crippen LogP contribution in [0.25, 0.3) is 0 Å². The second-order valence-electron chi connectivity index (χ2n) is 8.32. The third-order valence-electron chi connectivity index (χ3n) is 6.01. The van der Waals surface area contributed by atoms with Crippen molar-refractivity contribution in [1.29, 1.82) is 0 Å². The van der Waals surface area contributed by atoms with Gasteiger partial charge in [-0.1, -0.05) is 18.2 Å². The average Bonchev–Trinajstić information content (AvgIpc) is 3.62. The number of carbonyl (C=O) groups excluding carboxylic acids is 3. The lowest BCUT2D eigenvalue weighted by molar-refractivity contribution is -0.120. The molecule has 0 atom stereocenters. The first-order chi connectivity index (χ1) is 17.2. The molecule has 3 amide bonds. The van der Waals surface area contributed by atoms with Crippen LogP contribution in [0.2, 0.25) is 0 Å². The Balaban J connectivity index is 1.39. The number of pyridine rings is 1. The molecule has 2 fully saturated rings. The van der Waals surface area contributed by atoms with Gasteiger partial charge in [0.25, 0.3) is 5.91 Å². The first kappa shape index (κ1) is 23.9. The summed E-state index contributed by atoms with van der Waals surface area (Å²) in [6.07, 6.45) is 3.72. The molecular formula is C25H18F3N3O4S. The number of carbonyl (C=O) groups is 3. The fourth-order valence-electron chi connectivity index (χ4n) is 4.13. The number of thioether (sulfide) groups is 1. The van der Waals surface area contributed by atoms with Gasteiger partial charge < -0.3 is 9.64 Å². The van der Waals surface area contributed by atoms with E-state index in [4.69, 9.17) is 4.74 Å². The molecule has 2 aliphatic rings. The zero-order valence-electron chi connectivity index (χ0n) is 18.6. The summed E-state index contributed by atoms with van der Waals surface area (Å²) in [5, 5.41) is 0. The lowest BCUT2D eigenvalue weighted by atomic mass is 10.1. The number of anilines is 1. The quantitative estimate of drug-likeness (QED) is 0.190. The third kappa shape index (κ3) is 4.53. The van der Waals surface area contributed by atoms with Gasteiger partial charge in [-0.05, 0) is 72.6 Å². The van der Waals surface area contributed by atoms with E-state index in [-0.39, 0.29) is 34.5 Å². The minimum absolute atomic E-state index is 0.0369. The fourth-order valence-corrected chi connectivity index (χ4v) is 4.67. The molecule has 0 N–H and O–H groups in total. The Labute approximate surface area is 207 Å². The summed E-state index contributed by atoms with van der Waals surface area (Å²) in [6.45, 7) is -0.0369. The summed E-state index contributed by atoms with van der Waals surface area (Å²) in [6, 6.07) is 14.5. The summed E-state index contributed by atoms with van der Waals surface area (Å²) in [4.78, 5) is 45.8. The van der Waals surface area contributed by atoms with E-state index in [9.17, 15) is 27.6 Å². The van der Waals surface area contributed by atoms with Gasteiger partial charge in [-0.3, -0.25) is 9.78 Å². The number of imide groups is 1. The van der Waals surface area contributed by atoms with Gasteiger partial charge in [-0.2, -0.15) is 13.2 Å². The van der Waals surface area contributed by atoms with Crippen molar-refractivity contribution >= 4 is 35.4 Å². The molecule has 184 valence electrons. The predicted molar refractivity (Wildman–Crippen MR) is 124 cm³/mol. The number of para-hydroxylation sites is 1. The van der Waals surface area contributed by atoms with E-state index >= 15 is 0 Å². The molecule has 1 aliphatic heterocycles. The highest BCUT2D eigenvalue weighted by Crippen LogP contribution is 2.50. The van der Waals surface area contributed by atoms with Gasteiger partial charge in [0.2, 0.25) is 0 Å². The molecule has 2 aromatic carbocycles. The number of rotatable bonds is 6. The predicted octanol–water partition coefficient (Wildman–Crippen LogP) is 5.41. The molecule has 1 spiro atoms. The first-order valence-electron chi connectivity index (χ1n) is 10.9. The monoisotopic (exact) mass is 513 g/mol. The van der Waals surface area contributed by atoms with Crippen LogP contribution >= 0.6 is 11.8 Å². The Morgan fingerprint density at radius 1 is 1.03 bits per heavy atom. The Hall–Kier alpha value is -3.86. The van der Waals surface area contributed by atoms with Crippen LogP contribution in [0.4, 0.5) is 23.7 Å². The number of esters is 1. The van der Waals surface area contributed by atoms with Crippen molar-refractivity contribution in [2.45, 2.75) is 35.3 Å². The maximum atomic E-state index is 13.4. The van der Waals surface area contributed by atoms with Crippen molar-refractivity contribution < 1.29 is 32.3 Å². The smallest absolute Gasteiger partial charge is 0.423 e. The standard InChI is InChI=1S/C25H18F3N3O4S/c26-25(27,28)36-19-8-6-17(7-9-19)31-22(33)24(11-12-24)30(23(31)34)15-16-10-13-29-14-20(16)21(32)35-18-4-2-1-3-5-18/h1-10,13-14H,11-12,15H2. The first-order valence-corrected chi connectivity index (χ1v) is 11.7. The van der Waals surface area contributed by atoms with E-state index in [2.05, 4.69) is 4.98 Å². The van der Waals surface area contributed by atoms with Crippen molar-refractivity contribution in [1.82, 2.24) is 9.88 Å². The highest BCUT2D eigenvalue weighted by molar-refractivity contribution is 8.00. The number of nitrogens with zero attached hydrogens (tertiary/aromatic N) is 3. The molecule has 0 unspecified atom stereocenters. The second kappa shape index (κ2) is 8.98. The number of benzene rings is 2. The normalized spacial score (nSPS) is 16.5. The number of alkyl halides is 3. The Morgan fingerprint density at radius 3 is 2.36 bits per heavy atom. The van der Waals surface area contributed by atoms with Crippen LogP contribution in [0.3, 0.4) is 0 Å². The van der Waals surface area contributed by atoms with Gasteiger partial charge in [-0.25, -0.2) is 14.5 Å². The maximum absolute atomic E-state index is 13.4. The van der Waals surface area contributed by atoms with E-state index in [1.807, 2.05) is 0 Å². The van der Waals surface area contributed by atoms with Gasteiger partial charge >= 0.3 is 17.5 Å². The van der Waals surface area contributed by atoms with Crippen molar-refractivity contribution in [2.24, 2.45) is 0 Å². The highest BCUT2D eigenvalue weighted by Gasteiger charge is 2.65. The van der Waals surface area contributed by atoms with E-state index in [1.54, 1.807) is 36.4 Å². The molecule has 5 rings (SSSR count). The van der Waals surface area contributed by atoms with Crippen LogP contribution in [-0.4, -0.2) is 38.8 Å². The molecule has 36 heavy (non-hydrogen) atoms. The van der Waals surface area contributed by atoms with Crippen LogP contribution < -0.4 is 9.64 Å². The lowest BCUT2D eigenvalue weighted by Gasteiger charge is -2.22. The van der Waals surface area contributed by atoms with E-state index in [1.165, 1.54) is 41.6 Å². The topological polar surface area (TPSA) is 79.8 Å². The van der Waals surface area contributed by atoms with Gasteiger partial charge in [-0.15, -0.1) is 0 Å². The molecule has 0 bridgehead atoms. The zero-order valence-corrected chi connectivity index (χ0v) is 19.4. The van der Waals surface area contributed by atoms with Gasteiger partial charge in [0.1, 0.15) is 11.3 Å². The largest absolute Gasteiger partial charge is 0.446 e. The molecule has 2 heterocycles. The van der Waals surface area contributed by atoms with Crippen LogP contribution in [0, 0.1) is 0 Å². The van der Waals surface area contributed by atoms with Crippen LogP contribution in [0.1, 0.15) is 28.8 Å². The third-order valence-corrected chi connectivity index (χ3v) is 6.74. The molecular weight excluding hydrogens is 495 g/mol. The number of ether oxygens (including phenoxy) is 1. The van der Waals surface area contributed by atoms with Crippen LogP contribution in [0.15, 0.2) is 78.0 Å². The van der Waals surface area contributed by atoms with E-state index in [0.29, 0.717) is 24.2 Å². The molecule has 3 aromatic rings. The minimum Gasteiger partial charge on any atom is -0.423 e. The van der Waals surface area contributed by atoms with Crippen LogP contribution in [-0.2, 0) is 11.3 Å². The Morgan fingerprint density at radius 2 is 1.72 bits per heavy atom. The van der Waals surface area contributed by atoms with Gasteiger partial charge in [0.05, 0.1) is 11.3 Å².